The molecule has 0 aliphatic heterocycles. The molecule has 0 unspecified atom stereocenters. The first-order valence-corrected chi connectivity index (χ1v) is 15.3. The molecular formula is C6H16AuIP. The van der Waals surface area contributed by atoms with Crippen LogP contribution < -0.4 is 0 Å². The van der Waals surface area contributed by atoms with Crippen molar-refractivity contribution in [3.8, 4) is 0 Å². The molecular weight excluding hydrogens is 427 g/mol. The van der Waals surface area contributed by atoms with Crippen LogP contribution in [0.1, 0.15) is 20.8 Å². The Bertz CT molecular complexity index is 55.9. The van der Waals surface area contributed by atoms with E-state index < -0.39 is 5.15 Å². The zero-order valence-electron chi connectivity index (χ0n) is 6.30. The monoisotopic (exact) mass is 443 g/mol. The van der Waals surface area contributed by atoms with Crippen molar-refractivity contribution in [3.63, 3.8) is 0 Å². The second-order valence-electron chi connectivity index (χ2n) is 2.19. The molecule has 0 atom stereocenters. The SMILES string of the molecule is CC[PH](CC)(CC)[Au][I]. The van der Waals surface area contributed by atoms with Gasteiger partial charge in [-0.3, -0.25) is 0 Å². The Morgan fingerprint density at radius 2 is 1.44 bits per heavy atom. The van der Waals surface area contributed by atoms with Crippen molar-refractivity contribution in [1.82, 2.24) is 0 Å². The Balaban J connectivity index is 3.82. The number of halogens is 1. The fraction of sp³-hybridized carbons (Fsp3) is 1.00. The van der Waals surface area contributed by atoms with Gasteiger partial charge < -0.3 is 0 Å². The van der Waals surface area contributed by atoms with Crippen molar-refractivity contribution in [2.24, 2.45) is 0 Å². The van der Waals surface area contributed by atoms with Crippen molar-refractivity contribution >= 4 is 24.2 Å². The Morgan fingerprint density at radius 1 is 1.11 bits per heavy atom. The molecule has 0 amide bonds. The van der Waals surface area contributed by atoms with E-state index in [1.54, 1.807) is 0 Å². The van der Waals surface area contributed by atoms with Crippen LogP contribution in [-0.2, 0) is 15.4 Å². The van der Waals surface area contributed by atoms with E-state index in [9.17, 15) is 0 Å². The zero-order valence-corrected chi connectivity index (χ0v) is 11.6. The summed E-state index contributed by atoms with van der Waals surface area (Å²) in [5, 5.41) is -0.607. The molecule has 9 heavy (non-hydrogen) atoms. The number of hydrogen-bond acceptors (Lipinski definition) is 0. The van der Waals surface area contributed by atoms with Gasteiger partial charge in [-0.25, -0.2) is 0 Å². The molecule has 0 N–H and O–H groups in total. The Morgan fingerprint density at radius 3 is 1.44 bits per heavy atom. The van der Waals surface area contributed by atoms with Crippen LogP contribution in [0.25, 0.3) is 0 Å². The molecule has 3 heteroatoms. The molecule has 0 rings (SSSR count). The maximum atomic E-state index is 2.66. The van der Waals surface area contributed by atoms with Gasteiger partial charge in [-0.15, -0.1) is 0 Å². The van der Waals surface area contributed by atoms with Crippen LogP contribution in [0.2, 0.25) is 0 Å². The molecule has 0 nitrogen and oxygen atoms in total. The van der Waals surface area contributed by atoms with Crippen LogP contribution in [0.15, 0.2) is 0 Å². The molecule has 63 valence electrons. The third-order valence-corrected chi connectivity index (χ3v) is 32.3. The van der Waals surface area contributed by atoms with Gasteiger partial charge in [0.15, 0.2) is 0 Å². The van der Waals surface area contributed by atoms with Gasteiger partial charge in [-0.1, -0.05) is 0 Å². The van der Waals surface area contributed by atoms with Crippen LogP contribution in [0.3, 0.4) is 0 Å². The van der Waals surface area contributed by atoms with Gasteiger partial charge in [0, 0.05) is 0 Å². The minimum atomic E-state index is -0.607. The number of hydrogen-bond donors (Lipinski definition) is 0. The average Bonchev–Trinajstić information content (AvgIpc) is 1.95. The van der Waals surface area contributed by atoms with E-state index in [4.69, 9.17) is 0 Å². The second kappa shape index (κ2) is 5.54. The first-order chi connectivity index (χ1) is 4.24. The van der Waals surface area contributed by atoms with E-state index in [1.165, 1.54) is 18.5 Å². The summed E-state index contributed by atoms with van der Waals surface area (Å²) in [6.07, 6.45) is 4.56. The predicted octanol–water partition coefficient (Wildman–Crippen LogP) is 3.14. The molecule has 0 aromatic carbocycles. The first kappa shape index (κ1) is 10.9. The Kier molecular flexibility index (Phi) is 6.71. The molecule has 0 aromatic rings. The summed E-state index contributed by atoms with van der Waals surface area (Å²) in [6, 6.07) is 0. The summed E-state index contributed by atoms with van der Waals surface area (Å²) in [4.78, 5) is 0. The standard InChI is InChI=1S/C6H15P.Au.HI/c1-4-7(5-2)6-3;;/h4-6H2,1-3H3;;1H. The van der Waals surface area contributed by atoms with Gasteiger partial charge in [0.05, 0.1) is 0 Å². The molecule has 0 aromatic heterocycles. The molecule has 0 heterocycles. The summed E-state index contributed by atoms with van der Waals surface area (Å²) in [5.41, 5.74) is 0. The average molecular weight is 443 g/mol. The third kappa shape index (κ3) is 3.20. The summed E-state index contributed by atoms with van der Waals surface area (Å²) in [5.74, 6) is 0. The molecule has 0 spiro atoms. The molecule has 0 aliphatic rings. The van der Waals surface area contributed by atoms with Crippen LogP contribution in [0.5, 0.6) is 0 Å². The summed E-state index contributed by atoms with van der Waals surface area (Å²) in [6.45, 7) is 7.15. The Labute approximate surface area is 78.1 Å². The topological polar surface area (TPSA) is 0 Å². The van der Waals surface area contributed by atoms with Crippen LogP contribution >= 0.6 is 24.2 Å². The van der Waals surface area contributed by atoms with E-state index in [2.05, 4.69) is 39.8 Å². The zero-order chi connectivity index (χ0) is 7.33. The molecule has 0 fully saturated rings. The normalized spacial score (nSPS) is 14.2. The second-order valence-corrected chi connectivity index (χ2v) is 22.7. The van der Waals surface area contributed by atoms with E-state index >= 15 is 0 Å². The van der Waals surface area contributed by atoms with E-state index in [1.807, 2.05) is 0 Å². The van der Waals surface area contributed by atoms with Crippen LogP contribution in [-0.4, -0.2) is 18.5 Å². The number of rotatable bonds is 4. The molecule has 0 saturated heterocycles. The fourth-order valence-corrected chi connectivity index (χ4v) is 22.2. The van der Waals surface area contributed by atoms with Crippen LogP contribution in [0, 0.1) is 0 Å². The van der Waals surface area contributed by atoms with Crippen molar-refractivity contribution < 1.29 is 15.4 Å². The van der Waals surface area contributed by atoms with E-state index in [-0.39, 0.29) is 0 Å². The van der Waals surface area contributed by atoms with Crippen molar-refractivity contribution in [1.29, 1.82) is 0 Å². The summed E-state index contributed by atoms with van der Waals surface area (Å²) in [7, 11) is 0. The molecule has 0 aliphatic carbocycles. The molecule has 0 radical (unpaired) electrons. The van der Waals surface area contributed by atoms with Crippen molar-refractivity contribution in [2.45, 2.75) is 20.8 Å². The van der Waals surface area contributed by atoms with Crippen molar-refractivity contribution in [2.75, 3.05) is 18.5 Å². The maximum absolute atomic E-state index is 2.66. The fourth-order valence-electron chi connectivity index (χ4n) is 0.871. The van der Waals surface area contributed by atoms with Gasteiger partial charge in [-0.05, 0) is 0 Å². The van der Waals surface area contributed by atoms with Crippen molar-refractivity contribution in [3.05, 3.63) is 0 Å². The van der Waals surface area contributed by atoms with Gasteiger partial charge >= 0.3 is 78.8 Å². The minimum absolute atomic E-state index is 0.607. The summed E-state index contributed by atoms with van der Waals surface area (Å²) < 4.78 is 0. The van der Waals surface area contributed by atoms with E-state index in [0.29, 0.717) is 15.4 Å². The van der Waals surface area contributed by atoms with Gasteiger partial charge in [0.1, 0.15) is 0 Å². The first-order valence-electron chi connectivity index (χ1n) is 3.45. The quantitative estimate of drug-likeness (QED) is 0.356. The van der Waals surface area contributed by atoms with Gasteiger partial charge in [-0.2, -0.15) is 0 Å². The van der Waals surface area contributed by atoms with Gasteiger partial charge in [0.25, 0.3) is 0 Å². The Hall–Kier alpha value is 1.90. The predicted molar refractivity (Wildman–Crippen MR) is 54.0 cm³/mol. The van der Waals surface area contributed by atoms with Crippen LogP contribution in [0.4, 0.5) is 0 Å². The summed E-state index contributed by atoms with van der Waals surface area (Å²) >= 11 is 3.33. The van der Waals surface area contributed by atoms with E-state index in [0.717, 1.165) is 0 Å². The molecule has 0 bridgehead atoms. The third-order valence-electron chi connectivity index (χ3n) is 1.94. The molecule has 0 saturated carbocycles. The van der Waals surface area contributed by atoms with Gasteiger partial charge in [0.2, 0.25) is 0 Å².